The van der Waals surface area contributed by atoms with Gasteiger partial charge in [0.15, 0.2) is 0 Å². The second-order valence-corrected chi connectivity index (χ2v) is 7.51. The number of aryl methyl sites for hydroxylation is 2. The molecule has 138 valence electrons. The Morgan fingerprint density at radius 2 is 1.62 bits per heavy atom. The number of hydrogen-bond donors (Lipinski definition) is 3. The van der Waals surface area contributed by atoms with E-state index in [4.69, 9.17) is 0 Å². The van der Waals surface area contributed by atoms with E-state index < -0.39 is 5.41 Å². The lowest BCUT2D eigenvalue weighted by Gasteiger charge is -2.18. The average molecular weight is 353 g/mol. The maximum atomic E-state index is 12.2. The molecule has 2 rings (SSSR count). The number of carbonyl (C=O) groups is 2. The van der Waals surface area contributed by atoms with Crippen LogP contribution in [0.1, 0.15) is 31.9 Å². The van der Waals surface area contributed by atoms with Gasteiger partial charge in [-0.05, 0) is 49.2 Å². The zero-order valence-corrected chi connectivity index (χ0v) is 16.1. The fraction of sp³-hybridized carbons (Fsp3) is 0.333. The molecule has 5 heteroatoms. The van der Waals surface area contributed by atoms with Crippen molar-refractivity contribution in [2.75, 3.05) is 22.5 Å². The highest BCUT2D eigenvalue weighted by Crippen LogP contribution is 2.20. The molecule has 2 aromatic rings. The molecule has 3 N–H and O–H groups in total. The summed E-state index contributed by atoms with van der Waals surface area (Å²) in [4.78, 5) is 24.3. The minimum absolute atomic E-state index is 0.0534. The smallest absolute Gasteiger partial charge is 0.243 e. The molecule has 0 aromatic heterocycles. The van der Waals surface area contributed by atoms with Crippen LogP contribution in [0.15, 0.2) is 42.5 Å². The summed E-state index contributed by atoms with van der Waals surface area (Å²) in [5.74, 6) is -0.176. The van der Waals surface area contributed by atoms with Gasteiger partial charge >= 0.3 is 0 Å². The Bertz CT molecular complexity index is 807. The van der Waals surface area contributed by atoms with Crippen molar-refractivity contribution in [3.05, 3.63) is 53.6 Å². The molecule has 0 aliphatic heterocycles. The summed E-state index contributed by atoms with van der Waals surface area (Å²) in [5.41, 5.74) is 3.95. The maximum absolute atomic E-state index is 12.2. The Labute approximate surface area is 155 Å². The van der Waals surface area contributed by atoms with Crippen LogP contribution in [0.5, 0.6) is 0 Å². The van der Waals surface area contributed by atoms with Gasteiger partial charge in [0, 0.05) is 22.5 Å². The van der Waals surface area contributed by atoms with Crippen molar-refractivity contribution < 1.29 is 9.59 Å². The second-order valence-electron chi connectivity index (χ2n) is 7.51. The van der Waals surface area contributed by atoms with Crippen molar-refractivity contribution in [1.82, 2.24) is 0 Å². The lowest BCUT2D eigenvalue weighted by Crippen LogP contribution is -2.27. The first-order valence-corrected chi connectivity index (χ1v) is 8.67. The highest BCUT2D eigenvalue weighted by Gasteiger charge is 2.21. The molecule has 0 saturated carbocycles. The van der Waals surface area contributed by atoms with Crippen LogP contribution >= 0.6 is 0 Å². The van der Waals surface area contributed by atoms with Gasteiger partial charge in [0.05, 0.1) is 6.54 Å². The first kappa shape index (κ1) is 19.5. The molecule has 0 radical (unpaired) electrons. The monoisotopic (exact) mass is 353 g/mol. The summed E-state index contributed by atoms with van der Waals surface area (Å²) in [6.45, 7) is 9.69. The number of carbonyl (C=O) groups excluding carboxylic acids is 2. The Balaban J connectivity index is 1.95. The standard InChI is InChI=1S/C21H27N3O2/c1-14-9-10-15(2)18(11-14)24-19(25)13-22-16-7-6-8-17(12-16)23-20(26)21(3,4)5/h6-12,22H,13H2,1-5H3,(H,23,26)(H,24,25). The highest BCUT2D eigenvalue weighted by molar-refractivity contribution is 5.96. The van der Waals surface area contributed by atoms with Crippen LogP contribution in [-0.2, 0) is 9.59 Å². The van der Waals surface area contributed by atoms with Crippen molar-refractivity contribution in [3.8, 4) is 0 Å². The third-order valence-corrected chi connectivity index (χ3v) is 3.92. The molecule has 0 fully saturated rings. The molecule has 0 aliphatic rings. The van der Waals surface area contributed by atoms with Gasteiger partial charge in [0.2, 0.25) is 11.8 Å². The molecular weight excluding hydrogens is 326 g/mol. The average Bonchev–Trinajstić information content (AvgIpc) is 2.56. The molecule has 0 atom stereocenters. The maximum Gasteiger partial charge on any atom is 0.243 e. The first-order chi connectivity index (χ1) is 12.1. The van der Waals surface area contributed by atoms with Crippen LogP contribution in [-0.4, -0.2) is 18.4 Å². The van der Waals surface area contributed by atoms with Crippen molar-refractivity contribution >= 4 is 28.9 Å². The van der Waals surface area contributed by atoms with Gasteiger partial charge in [-0.3, -0.25) is 9.59 Å². The van der Waals surface area contributed by atoms with Gasteiger partial charge in [-0.15, -0.1) is 0 Å². The van der Waals surface area contributed by atoms with E-state index in [-0.39, 0.29) is 18.4 Å². The fourth-order valence-electron chi connectivity index (χ4n) is 2.27. The van der Waals surface area contributed by atoms with Gasteiger partial charge in [0.25, 0.3) is 0 Å². The molecule has 2 amide bonds. The van der Waals surface area contributed by atoms with Crippen LogP contribution in [0.4, 0.5) is 17.1 Å². The predicted molar refractivity (Wildman–Crippen MR) is 108 cm³/mol. The van der Waals surface area contributed by atoms with Crippen LogP contribution in [0.2, 0.25) is 0 Å². The predicted octanol–water partition coefficient (Wildman–Crippen LogP) is 4.34. The number of nitrogens with one attached hydrogen (secondary N) is 3. The number of rotatable bonds is 5. The van der Waals surface area contributed by atoms with Crippen molar-refractivity contribution in [2.45, 2.75) is 34.6 Å². The normalized spacial score (nSPS) is 11.0. The van der Waals surface area contributed by atoms with E-state index in [0.717, 1.165) is 22.5 Å². The topological polar surface area (TPSA) is 70.2 Å². The van der Waals surface area contributed by atoms with E-state index in [2.05, 4.69) is 16.0 Å². The molecule has 5 nitrogen and oxygen atoms in total. The summed E-state index contributed by atoms with van der Waals surface area (Å²) in [7, 11) is 0. The van der Waals surface area contributed by atoms with E-state index in [0.29, 0.717) is 5.69 Å². The first-order valence-electron chi connectivity index (χ1n) is 8.67. The summed E-state index contributed by atoms with van der Waals surface area (Å²) in [6, 6.07) is 13.3. The van der Waals surface area contributed by atoms with Crippen LogP contribution in [0, 0.1) is 19.3 Å². The molecule has 26 heavy (non-hydrogen) atoms. The summed E-state index contributed by atoms with van der Waals surface area (Å²) in [6.07, 6.45) is 0. The largest absolute Gasteiger partial charge is 0.376 e. The molecular formula is C21H27N3O2. The van der Waals surface area contributed by atoms with Crippen molar-refractivity contribution in [2.24, 2.45) is 5.41 Å². The molecule has 0 heterocycles. The Morgan fingerprint density at radius 3 is 2.31 bits per heavy atom. The van der Waals surface area contributed by atoms with Gasteiger partial charge in [-0.1, -0.05) is 39.0 Å². The summed E-state index contributed by atoms with van der Waals surface area (Å²) < 4.78 is 0. The minimum Gasteiger partial charge on any atom is -0.376 e. The minimum atomic E-state index is -0.463. The molecule has 0 spiro atoms. The Morgan fingerprint density at radius 1 is 0.923 bits per heavy atom. The van der Waals surface area contributed by atoms with Crippen molar-refractivity contribution in [3.63, 3.8) is 0 Å². The van der Waals surface area contributed by atoms with E-state index in [9.17, 15) is 9.59 Å². The lowest BCUT2D eigenvalue weighted by atomic mass is 9.95. The quantitative estimate of drug-likeness (QED) is 0.749. The SMILES string of the molecule is Cc1ccc(C)c(NC(=O)CNc2cccc(NC(=O)C(C)(C)C)c2)c1. The summed E-state index contributed by atoms with van der Waals surface area (Å²) in [5, 5.41) is 8.89. The van der Waals surface area contributed by atoms with Crippen LogP contribution in [0.3, 0.4) is 0 Å². The molecule has 0 unspecified atom stereocenters. The fourth-order valence-corrected chi connectivity index (χ4v) is 2.27. The second kappa shape index (κ2) is 8.04. The van der Waals surface area contributed by atoms with Gasteiger partial charge < -0.3 is 16.0 Å². The zero-order chi connectivity index (χ0) is 19.3. The molecule has 2 aromatic carbocycles. The number of hydrogen-bond acceptors (Lipinski definition) is 3. The van der Waals surface area contributed by atoms with Gasteiger partial charge in [-0.2, -0.15) is 0 Å². The number of benzene rings is 2. The Kier molecular flexibility index (Phi) is 6.03. The molecule has 0 aliphatic carbocycles. The Hall–Kier alpha value is -2.82. The van der Waals surface area contributed by atoms with Crippen LogP contribution < -0.4 is 16.0 Å². The number of amides is 2. The van der Waals surface area contributed by atoms with Crippen LogP contribution in [0.25, 0.3) is 0 Å². The van der Waals surface area contributed by atoms with Gasteiger partial charge in [-0.25, -0.2) is 0 Å². The molecule has 0 bridgehead atoms. The third kappa shape index (κ3) is 5.62. The number of anilines is 3. The zero-order valence-electron chi connectivity index (χ0n) is 16.1. The molecule has 0 saturated heterocycles. The van der Waals surface area contributed by atoms with Gasteiger partial charge in [0.1, 0.15) is 0 Å². The van der Waals surface area contributed by atoms with E-state index in [1.165, 1.54) is 0 Å². The summed E-state index contributed by atoms with van der Waals surface area (Å²) >= 11 is 0. The highest BCUT2D eigenvalue weighted by atomic mass is 16.2. The van der Waals surface area contributed by atoms with Crippen molar-refractivity contribution in [1.29, 1.82) is 0 Å². The lowest BCUT2D eigenvalue weighted by molar-refractivity contribution is -0.123. The van der Waals surface area contributed by atoms with E-state index >= 15 is 0 Å². The third-order valence-electron chi connectivity index (χ3n) is 3.92. The van der Waals surface area contributed by atoms with E-state index in [1.54, 1.807) is 0 Å². The van der Waals surface area contributed by atoms with E-state index in [1.807, 2.05) is 77.1 Å².